The molecule has 3 rings (SSSR count). The van der Waals surface area contributed by atoms with Gasteiger partial charge in [0.25, 0.3) is 5.91 Å². The van der Waals surface area contributed by atoms with Crippen molar-refractivity contribution in [2.45, 2.75) is 6.92 Å². The van der Waals surface area contributed by atoms with Gasteiger partial charge in [-0.3, -0.25) is 4.79 Å². The van der Waals surface area contributed by atoms with Crippen LogP contribution in [0.2, 0.25) is 0 Å². The quantitative estimate of drug-likeness (QED) is 0.700. The molecule has 0 atom stereocenters. The van der Waals surface area contributed by atoms with Crippen LogP contribution in [0, 0.1) is 0 Å². The number of anilines is 1. The Kier molecular flexibility index (Phi) is 4.24. The normalized spacial score (nSPS) is 10.5. The smallest absolute Gasteiger partial charge is 0.358 e. The van der Waals surface area contributed by atoms with Crippen LogP contribution in [0.15, 0.2) is 40.3 Å². The topological polar surface area (TPSA) is 97.2 Å². The molecule has 0 saturated heterocycles. The van der Waals surface area contributed by atoms with Gasteiger partial charge >= 0.3 is 5.97 Å². The Morgan fingerprint density at radius 2 is 2.26 bits per heavy atom. The first-order valence-corrected chi connectivity index (χ1v) is 7.73. The number of nitrogens with zero attached hydrogens (tertiary/aromatic N) is 1. The standard InChI is InChI=1S/C15H13N3O4S/c1-2-21-15(20)11-13(18-14(19)9-5-3-7-22-9)17-12(16-11)10-6-4-8-23-10/h3-8H,2H2,1H3,(H,16,17)(H,18,19). The van der Waals surface area contributed by atoms with Gasteiger partial charge in [-0.05, 0) is 30.5 Å². The first-order chi connectivity index (χ1) is 11.2. The van der Waals surface area contributed by atoms with Crippen molar-refractivity contribution in [2.24, 2.45) is 0 Å². The van der Waals surface area contributed by atoms with E-state index in [9.17, 15) is 9.59 Å². The molecule has 23 heavy (non-hydrogen) atoms. The fourth-order valence-electron chi connectivity index (χ4n) is 1.92. The van der Waals surface area contributed by atoms with E-state index in [0.29, 0.717) is 5.82 Å². The average Bonchev–Trinajstić information content (AvgIpc) is 3.28. The van der Waals surface area contributed by atoms with Gasteiger partial charge < -0.3 is 19.5 Å². The van der Waals surface area contributed by atoms with Crippen molar-refractivity contribution in [1.82, 2.24) is 9.97 Å². The number of H-pyrrole nitrogens is 1. The number of imidazole rings is 1. The molecule has 0 radical (unpaired) electrons. The van der Waals surface area contributed by atoms with Crippen LogP contribution in [-0.2, 0) is 4.74 Å². The highest BCUT2D eigenvalue weighted by Gasteiger charge is 2.22. The lowest BCUT2D eigenvalue weighted by Gasteiger charge is -2.03. The van der Waals surface area contributed by atoms with Crippen molar-refractivity contribution in [1.29, 1.82) is 0 Å². The van der Waals surface area contributed by atoms with Gasteiger partial charge in [0.2, 0.25) is 0 Å². The number of thiophene rings is 1. The molecule has 0 aliphatic carbocycles. The van der Waals surface area contributed by atoms with Crippen LogP contribution in [0.3, 0.4) is 0 Å². The van der Waals surface area contributed by atoms with Gasteiger partial charge in [-0.1, -0.05) is 6.07 Å². The lowest BCUT2D eigenvalue weighted by atomic mass is 10.4. The number of nitrogens with one attached hydrogen (secondary N) is 2. The number of carbonyl (C=O) groups is 2. The van der Waals surface area contributed by atoms with Gasteiger partial charge in [-0.2, -0.15) is 0 Å². The third-order valence-electron chi connectivity index (χ3n) is 2.91. The van der Waals surface area contributed by atoms with Crippen LogP contribution in [0.4, 0.5) is 5.82 Å². The Hall–Kier alpha value is -2.87. The Morgan fingerprint density at radius 3 is 2.91 bits per heavy atom. The molecule has 3 aromatic heterocycles. The number of furan rings is 1. The minimum absolute atomic E-state index is 0.0927. The molecule has 0 saturated carbocycles. The molecule has 0 aromatic carbocycles. The van der Waals surface area contributed by atoms with E-state index < -0.39 is 11.9 Å². The number of esters is 1. The summed E-state index contributed by atoms with van der Waals surface area (Å²) in [6.45, 7) is 1.92. The van der Waals surface area contributed by atoms with Crippen molar-refractivity contribution >= 4 is 29.0 Å². The summed E-state index contributed by atoms with van der Waals surface area (Å²) >= 11 is 1.46. The molecule has 3 aromatic rings. The van der Waals surface area contributed by atoms with Gasteiger partial charge in [0.15, 0.2) is 23.1 Å². The minimum Gasteiger partial charge on any atom is -0.461 e. The molecule has 0 spiro atoms. The number of aromatic nitrogens is 2. The summed E-state index contributed by atoms with van der Waals surface area (Å²) in [5.41, 5.74) is 0.0927. The van der Waals surface area contributed by atoms with E-state index in [-0.39, 0.29) is 23.9 Å². The van der Waals surface area contributed by atoms with Crippen LogP contribution in [0.1, 0.15) is 28.0 Å². The van der Waals surface area contributed by atoms with E-state index in [0.717, 1.165) is 4.88 Å². The maximum absolute atomic E-state index is 12.1. The van der Waals surface area contributed by atoms with Crippen LogP contribution in [-0.4, -0.2) is 28.5 Å². The van der Waals surface area contributed by atoms with Crippen LogP contribution >= 0.6 is 11.3 Å². The third kappa shape index (κ3) is 3.16. The largest absolute Gasteiger partial charge is 0.461 e. The number of amides is 1. The zero-order chi connectivity index (χ0) is 16.2. The van der Waals surface area contributed by atoms with Crippen LogP contribution in [0.25, 0.3) is 10.7 Å². The monoisotopic (exact) mass is 331 g/mol. The molecule has 0 fully saturated rings. The summed E-state index contributed by atoms with van der Waals surface area (Å²) in [6.07, 6.45) is 1.39. The van der Waals surface area contributed by atoms with E-state index in [1.807, 2.05) is 17.5 Å². The fourth-order valence-corrected chi connectivity index (χ4v) is 2.59. The number of carbonyl (C=O) groups excluding carboxylic acids is 2. The molecule has 0 bridgehead atoms. The summed E-state index contributed by atoms with van der Waals surface area (Å²) in [7, 11) is 0. The summed E-state index contributed by atoms with van der Waals surface area (Å²) in [5.74, 6) is -0.367. The second-order valence-electron chi connectivity index (χ2n) is 4.44. The van der Waals surface area contributed by atoms with Gasteiger partial charge in [-0.25, -0.2) is 9.78 Å². The number of aromatic amines is 1. The number of hydrogen-bond donors (Lipinski definition) is 2. The molecule has 118 valence electrons. The Balaban J connectivity index is 1.93. The lowest BCUT2D eigenvalue weighted by Crippen LogP contribution is -2.15. The summed E-state index contributed by atoms with van der Waals surface area (Å²) in [5, 5.41) is 4.46. The van der Waals surface area contributed by atoms with E-state index >= 15 is 0 Å². The van der Waals surface area contributed by atoms with Crippen molar-refractivity contribution in [2.75, 3.05) is 11.9 Å². The second kappa shape index (κ2) is 6.49. The van der Waals surface area contributed by atoms with Gasteiger partial charge in [0.1, 0.15) is 0 Å². The molecule has 0 aliphatic rings. The Labute approximate surface area is 135 Å². The van der Waals surface area contributed by atoms with E-state index in [1.165, 1.54) is 23.7 Å². The fraction of sp³-hybridized carbons (Fsp3) is 0.133. The number of hydrogen-bond acceptors (Lipinski definition) is 6. The molecule has 7 nitrogen and oxygen atoms in total. The maximum Gasteiger partial charge on any atom is 0.358 e. The van der Waals surface area contributed by atoms with Crippen molar-refractivity contribution < 1.29 is 18.7 Å². The number of rotatable bonds is 5. The lowest BCUT2D eigenvalue weighted by molar-refractivity contribution is 0.0521. The zero-order valence-electron chi connectivity index (χ0n) is 12.2. The molecular formula is C15H13N3O4S. The SMILES string of the molecule is CCOC(=O)c1[nH]c(-c2cccs2)nc1NC(=O)c1ccco1. The van der Waals surface area contributed by atoms with Crippen LogP contribution in [0.5, 0.6) is 0 Å². The van der Waals surface area contributed by atoms with Gasteiger partial charge in [0, 0.05) is 0 Å². The highest BCUT2D eigenvalue weighted by atomic mass is 32.1. The van der Waals surface area contributed by atoms with Gasteiger partial charge in [-0.15, -0.1) is 11.3 Å². The summed E-state index contributed by atoms with van der Waals surface area (Å²) < 4.78 is 10.0. The van der Waals surface area contributed by atoms with Gasteiger partial charge in [0.05, 0.1) is 17.7 Å². The molecule has 1 amide bonds. The maximum atomic E-state index is 12.1. The van der Waals surface area contributed by atoms with Crippen LogP contribution < -0.4 is 5.32 Å². The number of ether oxygens (including phenoxy) is 1. The molecule has 8 heteroatoms. The summed E-state index contributed by atoms with van der Waals surface area (Å²) in [4.78, 5) is 32.2. The van der Waals surface area contributed by atoms with E-state index in [1.54, 1.807) is 13.0 Å². The van der Waals surface area contributed by atoms with E-state index in [4.69, 9.17) is 9.15 Å². The predicted molar refractivity (Wildman–Crippen MR) is 84.5 cm³/mol. The first kappa shape index (κ1) is 15.0. The van der Waals surface area contributed by atoms with Crippen molar-refractivity contribution in [3.8, 4) is 10.7 Å². The first-order valence-electron chi connectivity index (χ1n) is 6.85. The third-order valence-corrected chi connectivity index (χ3v) is 3.79. The minimum atomic E-state index is -0.586. The highest BCUT2D eigenvalue weighted by Crippen LogP contribution is 2.26. The van der Waals surface area contributed by atoms with Crippen molar-refractivity contribution in [3.63, 3.8) is 0 Å². The Morgan fingerprint density at radius 1 is 1.39 bits per heavy atom. The molecule has 3 heterocycles. The zero-order valence-corrected chi connectivity index (χ0v) is 13.0. The molecule has 0 unspecified atom stereocenters. The van der Waals surface area contributed by atoms with Crippen molar-refractivity contribution in [3.05, 3.63) is 47.4 Å². The predicted octanol–water partition coefficient (Wildman–Crippen LogP) is 3.16. The molecule has 2 N–H and O–H groups in total. The highest BCUT2D eigenvalue weighted by molar-refractivity contribution is 7.13. The molecule has 0 aliphatic heterocycles. The summed E-state index contributed by atoms with van der Waals surface area (Å²) in [6, 6.07) is 6.85. The average molecular weight is 331 g/mol. The van der Waals surface area contributed by atoms with E-state index in [2.05, 4.69) is 15.3 Å². The Bertz CT molecular complexity index is 806. The second-order valence-corrected chi connectivity index (χ2v) is 5.39. The molecular weight excluding hydrogens is 318 g/mol.